The zero-order chi connectivity index (χ0) is 10.4. The number of carbonyl (C=O) groups excluding carboxylic acids is 2. The summed E-state index contributed by atoms with van der Waals surface area (Å²) in [5.41, 5.74) is 0. The van der Waals surface area contributed by atoms with Crippen LogP contribution in [0.3, 0.4) is 0 Å². The number of hydrogen-bond donors (Lipinski definition) is 1. The second kappa shape index (κ2) is 5.59. The van der Waals surface area contributed by atoms with Crippen molar-refractivity contribution in [3.05, 3.63) is 0 Å². The van der Waals surface area contributed by atoms with Crippen molar-refractivity contribution in [2.45, 2.75) is 12.8 Å². The van der Waals surface area contributed by atoms with Crippen molar-refractivity contribution < 1.29 is 14.3 Å². The number of nitrogens with zero attached hydrogens (tertiary/aromatic N) is 1. The van der Waals surface area contributed by atoms with E-state index in [0.29, 0.717) is 6.54 Å². The van der Waals surface area contributed by atoms with Gasteiger partial charge in [-0.25, -0.2) is 0 Å². The summed E-state index contributed by atoms with van der Waals surface area (Å²) in [5, 5.41) is 2.38. The summed E-state index contributed by atoms with van der Waals surface area (Å²) in [6.07, 6.45) is 2.28. The lowest BCUT2D eigenvalue weighted by atomic mass is 10.4. The van der Waals surface area contributed by atoms with Crippen molar-refractivity contribution in [3.63, 3.8) is 0 Å². The lowest BCUT2D eigenvalue weighted by Crippen LogP contribution is -2.31. The summed E-state index contributed by atoms with van der Waals surface area (Å²) in [6, 6.07) is 0. The second-order valence-electron chi connectivity index (χ2n) is 3.32. The van der Waals surface area contributed by atoms with Gasteiger partial charge in [0, 0.05) is 7.05 Å². The van der Waals surface area contributed by atoms with Crippen LogP contribution in [-0.4, -0.2) is 50.1 Å². The van der Waals surface area contributed by atoms with Crippen molar-refractivity contribution in [1.29, 1.82) is 0 Å². The molecule has 1 rings (SSSR count). The molecule has 0 aromatic rings. The molecule has 0 atom stereocenters. The number of rotatable bonds is 4. The number of nitrogens with one attached hydrogen (secondary N) is 1. The molecule has 0 aliphatic carbocycles. The number of likely N-dealkylation sites (tertiary alicyclic amines) is 1. The highest BCUT2D eigenvalue weighted by Gasteiger charge is 2.16. The smallest absolute Gasteiger partial charge is 0.320 e. The zero-order valence-electron chi connectivity index (χ0n) is 8.41. The third kappa shape index (κ3) is 3.74. The maximum atomic E-state index is 11.2. The van der Waals surface area contributed by atoms with Gasteiger partial charge in [0.05, 0.1) is 6.54 Å². The van der Waals surface area contributed by atoms with Gasteiger partial charge in [0.2, 0.25) is 0 Å². The summed E-state index contributed by atoms with van der Waals surface area (Å²) < 4.78 is 4.76. The molecule has 0 spiro atoms. The molecule has 0 unspecified atom stereocenters. The average molecular weight is 200 g/mol. The van der Waals surface area contributed by atoms with E-state index in [1.54, 1.807) is 0 Å². The van der Waals surface area contributed by atoms with Crippen molar-refractivity contribution in [2.75, 3.05) is 33.3 Å². The molecule has 14 heavy (non-hydrogen) atoms. The maximum Gasteiger partial charge on any atom is 0.320 e. The van der Waals surface area contributed by atoms with Crippen LogP contribution in [0.2, 0.25) is 0 Å². The molecular weight excluding hydrogens is 184 g/mol. The summed E-state index contributed by atoms with van der Waals surface area (Å²) >= 11 is 0. The Labute approximate surface area is 83.4 Å². The number of amides is 1. The number of carbonyl (C=O) groups is 2. The highest BCUT2D eigenvalue weighted by Crippen LogP contribution is 2.06. The minimum absolute atomic E-state index is 0.177. The van der Waals surface area contributed by atoms with E-state index in [2.05, 4.69) is 5.32 Å². The first kappa shape index (κ1) is 11.0. The maximum absolute atomic E-state index is 11.2. The Morgan fingerprint density at radius 1 is 1.36 bits per heavy atom. The van der Waals surface area contributed by atoms with Crippen molar-refractivity contribution in [3.8, 4) is 0 Å². The minimum Gasteiger partial charge on any atom is -0.455 e. The quantitative estimate of drug-likeness (QED) is 0.614. The molecule has 0 bridgehead atoms. The Hall–Kier alpha value is -1.10. The second-order valence-corrected chi connectivity index (χ2v) is 3.32. The van der Waals surface area contributed by atoms with Gasteiger partial charge in [0.15, 0.2) is 6.61 Å². The van der Waals surface area contributed by atoms with Gasteiger partial charge in [0.1, 0.15) is 0 Å². The first-order chi connectivity index (χ1) is 6.72. The van der Waals surface area contributed by atoms with Crippen LogP contribution in [0, 0.1) is 0 Å². The largest absolute Gasteiger partial charge is 0.455 e. The fourth-order valence-electron chi connectivity index (χ4n) is 1.39. The van der Waals surface area contributed by atoms with Crippen molar-refractivity contribution in [2.24, 2.45) is 0 Å². The number of esters is 1. The molecule has 1 fully saturated rings. The van der Waals surface area contributed by atoms with E-state index in [1.165, 1.54) is 7.05 Å². The topological polar surface area (TPSA) is 58.6 Å². The van der Waals surface area contributed by atoms with Gasteiger partial charge in [-0.1, -0.05) is 0 Å². The predicted octanol–water partition coefficient (Wildman–Crippen LogP) is -0.629. The Morgan fingerprint density at radius 2 is 2.00 bits per heavy atom. The van der Waals surface area contributed by atoms with Gasteiger partial charge in [0.25, 0.3) is 5.91 Å². The minimum atomic E-state index is -0.324. The van der Waals surface area contributed by atoms with E-state index >= 15 is 0 Å². The molecule has 1 aliphatic rings. The van der Waals surface area contributed by atoms with Gasteiger partial charge < -0.3 is 10.1 Å². The number of likely N-dealkylation sites (N-methyl/N-ethyl adjacent to an activating group) is 1. The SMILES string of the molecule is CNC(=O)COC(=O)CN1CCCC1. The normalized spacial score (nSPS) is 16.6. The van der Waals surface area contributed by atoms with Gasteiger partial charge in [-0.15, -0.1) is 0 Å². The molecule has 0 saturated carbocycles. The van der Waals surface area contributed by atoms with E-state index in [4.69, 9.17) is 4.74 Å². The third-order valence-corrected chi connectivity index (χ3v) is 2.19. The highest BCUT2D eigenvalue weighted by atomic mass is 16.5. The van der Waals surface area contributed by atoms with Crippen LogP contribution in [0.25, 0.3) is 0 Å². The molecule has 0 aromatic heterocycles. The Bertz CT molecular complexity index is 212. The van der Waals surface area contributed by atoms with E-state index in [-0.39, 0.29) is 18.5 Å². The lowest BCUT2D eigenvalue weighted by molar-refractivity contribution is -0.149. The average Bonchev–Trinajstić information content (AvgIpc) is 2.66. The Kier molecular flexibility index (Phi) is 4.39. The van der Waals surface area contributed by atoms with Gasteiger partial charge >= 0.3 is 5.97 Å². The molecule has 1 amide bonds. The molecule has 1 heterocycles. The summed E-state index contributed by atoms with van der Waals surface area (Å²) in [7, 11) is 1.51. The molecule has 80 valence electrons. The van der Waals surface area contributed by atoms with Crippen molar-refractivity contribution in [1.82, 2.24) is 10.2 Å². The molecule has 0 radical (unpaired) electrons. The zero-order valence-corrected chi connectivity index (χ0v) is 8.41. The molecule has 1 aliphatic heterocycles. The van der Waals surface area contributed by atoms with Gasteiger partial charge in [-0.3, -0.25) is 14.5 Å². The van der Waals surface area contributed by atoms with Crippen LogP contribution in [0.5, 0.6) is 0 Å². The molecule has 1 N–H and O–H groups in total. The third-order valence-electron chi connectivity index (χ3n) is 2.19. The van der Waals surface area contributed by atoms with Crippen LogP contribution in [0.1, 0.15) is 12.8 Å². The van der Waals surface area contributed by atoms with Crippen LogP contribution in [-0.2, 0) is 14.3 Å². The van der Waals surface area contributed by atoms with E-state index in [0.717, 1.165) is 25.9 Å². The van der Waals surface area contributed by atoms with Crippen LogP contribution >= 0.6 is 0 Å². The summed E-state index contributed by atoms with van der Waals surface area (Å²) in [4.78, 5) is 24.0. The molecule has 5 nitrogen and oxygen atoms in total. The molecule has 1 saturated heterocycles. The summed E-state index contributed by atoms with van der Waals surface area (Å²) in [5.74, 6) is -0.602. The van der Waals surface area contributed by atoms with Gasteiger partial charge in [-0.05, 0) is 25.9 Å². The van der Waals surface area contributed by atoms with Gasteiger partial charge in [-0.2, -0.15) is 0 Å². The number of ether oxygens (including phenoxy) is 1. The fourth-order valence-corrected chi connectivity index (χ4v) is 1.39. The van der Waals surface area contributed by atoms with E-state index < -0.39 is 0 Å². The molecular formula is C9H16N2O3. The lowest BCUT2D eigenvalue weighted by Gasteiger charge is -2.12. The highest BCUT2D eigenvalue weighted by molar-refractivity contribution is 5.80. The van der Waals surface area contributed by atoms with Crippen LogP contribution < -0.4 is 5.32 Å². The first-order valence-corrected chi connectivity index (χ1v) is 4.81. The monoisotopic (exact) mass is 200 g/mol. The van der Waals surface area contributed by atoms with Crippen LogP contribution in [0.4, 0.5) is 0 Å². The molecule has 0 aromatic carbocycles. The first-order valence-electron chi connectivity index (χ1n) is 4.81. The van der Waals surface area contributed by atoms with E-state index in [1.807, 2.05) is 4.90 Å². The summed E-state index contributed by atoms with van der Waals surface area (Å²) in [6.45, 7) is 2.03. The van der Waals surface area contributed by atoms with Crippen LogP contribution in [0.15, 0.2) is 0 Å². The Morgan fingerprint density at radius 3 is 2.57 bits per heavy atom. The molecule has 5 heteroatoms. The Balaban J connectivity index is 2.12. The predicted molar refractivity (Wildman–Crippen MR) is 50.7 cm³/mol. The van der Waals surface area contributed by atoms with E-state index in [9.17, 15) is 9.59 Å². The number of hydrogen-bond acceptors (Lipinski definition) is 4. The van der Waals surface area contributed by atoms with Crippen molar-refractivity contribution >= 4 is 11.9 Å². The standard InChI is InChI=1S/C9H16N2O3/c1-10-8(12)7-14-9(13)6-11-4-2-3-5-11/h2-7H2,1H3,(H,10,12). The fraction of sp³-hybridized carbons (Fsp3) is 0.778.